The van der Waals surface area contributed by atoms with Gasteiger partial charge in [-0.05, 0) is 17.7 Å². The van der Waals surface area contributed by atoms with Crippen LogP contribution in [0.4, 0.5) is 0 Å². The van der Waals surface area contributed by atoms with Crippen molar-refractivity contribution in [2.45, 2.75) is 0 Å². The summed E-state index contributed by atoms with van der Waals surface area (Å²) in [5.41, 5.74) is 1.01. The lowest BCUT2D eigenvalue weighted by atomic mass is 10.2. The Kier molecular flexibility index (Phi) is 3.73. The maximum atomic E-state index is 10.7. The van der Waals surface area contributed by atoms with Crippen LogP contribution in [0.5, 0.6) is 5.75 Å². The van der Waals surface area contributed by atoms with Crippen LogP contribution < -0.4 is 4.74 Å². The number of methoxy groups -OCH3 is 1. The van der Waals surface area contributed by atoms with Crippen molar-refractivity contribution in [2.24, 2.45) is 0 Å². The number of benzene rings is 1. The summed E-state index contributed by atoms with van der Waals surface area (Å²) < 4.78 is 9.59. The van der Waals surface area contributed by atoms with Crippen LogP contribution in [0.25, 0.3) is 6.08 Å². The van der Waals surface area contributed by atoms with Gasteiger partial charge in [0.05, 0.1) is 7.11 Å². The van der Waals surface area contributed by atoms with Crippen molar-refractivity contribution in [1.82, 2.24) is 0 Å². The number of rotatable bonds is 4. The molecule has 0 N–H and O–H groups in total. The molecule has 1 aromatic carbocycles. The fourth-order valence-corrected chi connectivity index (χ4v) is 0.901. The molecular weight excluding hydrogens is 180 g/mol. The summed E-state index contributed by atoms with van der Waals surface area (Å²) in [4.78, 5) is 10.7. The Morgan fingerprint density at radius 1 is 1.43 bits per heavy atom. The Hall–Kier alpha value is -1.77. The predicted molar refractivity (Wildman–Crippen MR) is 54.0 cm³/mol. The molecule has 0 heterocycles. The van der Waals surface area contributed by atoms with Crippen molar-refractivity contribution >= 4 is 12.0 Å². The van der Waals surface area contributed by atoms with Gasteiger partial charge in [-0.1, -0.05) is 24.8 Å². The molecule has 0 saturated heterocycles. The van der Waals surface area contributed by atoms with E-state index in [0.29, 0.717) is 5.75 Å². The highest BCUT2D eigenvalue weighted by molar-refractivity contribution is 5.70. The molecule has 3 nitrogen and oxygen atoms in total. The Labute approximate surface area is 83.0 Å². The van der Waals surface area contributed by atoms with E-state index in [1.807, 2.05) is 12.1 Å². The van der Waals surface area contributed by atoms with Gasteiger partial charge >= 0.3 is 5.97 Å². The lowest BCUT2D eigenvalue weighted by Crippen LogP contribution is -2.12. The summed E-state index contributed by atoms with van der Waals surface area (Å²) in [5.74, 6) is 0.249. The molecule has 0 aliphatic heterocycles. The van der Waals surface area contributed by atoms with Gasteiger partial charge in [-0.15, -0.1) is 0 Å². The second-order valence-corrected chi connectivity index (χ2v) is 2.64. The maximum absolute atomic E-state index is 10.7. The fraction of sp³-hybridized carbons (Fsp3) is 0.182. The van der Waals surface area contributed by atoms with Gasteiger partial charge in [-0.3, -0.25) is 0 Å². The molecule has 3 heteroatoms. The summed E-state index contributed by atoms with van der Waals surface area (Å²) in [6.07, 6.45) is 1.74. The first-order valence-corrected chi connectivity index (χ1v) is 4.18. The molecule has 14 heavy (non-hydrogen) atoms. The Morgan fingerprint density at radius 3 is 2.57 bits per heavy atom. The number of hydrogen-bond donors (Lipinski definition) is 0. The highest BCUT2D eigenvalue weighted by Gasteiger charge is 2.00. The van der Waals surface area contributed by atoms with Crippen molar-refractivity contribution in [3.63, 3.8) is 0 Å². The fourth-order valence-electron chi connectivity index (χ4n) is 0.901. The van der Waals surface area contributed by atoms with E-state index in [-0.39, 0.29) is 6.61 Å². The zero-order chi connectivity index (χ0) is 10.4. The molecule has 1 aromatic rings. The van der Waals surface area contributed by atoms with Gasteiger partial charge in [-0.25, -0.2) is 4.79 Å². The zero-order valence-electron chi connectivity index (χ0n) is 8.03. The average Bonchev–Trinajstić information content (AvgIpc) is 2.26. The molecule has 0 atom stereocenters. The SMILES string of the molecule is C=Cc1ccc(OCC(=O)OC)cc1. The van der Waals surface area contributed by atoms with Crippen LogP contribution in [0.2, 0.25) is 0 Å². The Bertz CT molecular complexity index is 314. The third kappa shape index (κ3) is 2.94. The molecule has 0 fully saturated rings. The molecule has 0 aromatic heterocycles. The summed E-state index contributed by atoms with van der Waals surface area (Å²) >= 11 is 0. The van der Waals surface area contributed by atoms with Crippen LogP contribution >= 0.6 is 0 Å². The first-order valence-electron chi connectivity index (χ1n) is 4.18. The zero-order valence-corrected chi connectivity index (χ0v) is 8.03. The Morgan fingerprint density at radius 2 is 2.07 bits per heavy atom. The van der Waals surface area contributed by atoms with Crippen LogP contribution in [-0.2, 0) is 9.53 Å². The summed E-state index contributed by atoms with van der Waals surface area (Å²) in [6.45, 7) is 3.57. The molecule has 74 valence electrons. The summed E-state index contributed by atoms with van der Waals surface area (Å²) in [6, 6.07) is 7.28. The van der Waals surface area contributed by atoms with Crippen molar-refractivity contribution in [2.75, 3.05) is 13.7 Å². The average molecular weight is 192 g/mol. The van der Waals surface area contributed by atoms with Crippen LogP contribution in [0.15, 0.2) is 30.8 Å². The molecule has 0 aliphatic carbocycles. The first kappa shape index (κ1) is 10.3. The van der Waals surface area contributed by atoms with E-state index in [0.717, 1.165) is 5.56 Å². The van der Waals surface area contributed by atoms with Crippen LogP contribution in [-0.4, -0.2) is 19.7 Å². The lowest BCUT2D eigenvalue weighted by Gasteiger charge is -2.04. The van der Waals surface area contributed by atoms with Crippen molar-refractivity contribution < 1.29 is 14.3 Å². The van der Waals surface area contributed by atoms with Gasteiger partial charge < -0.3 is 9.47 Å². The minimum atomic E-state index is -0.391. The highest BCUT2D eigenvalue weighted by Crippen LogP contribution is 2.12. The topological polar surface area (TPSA) is 35.5 Å². The van der Waals surface area contributed by atoms with Gasteiger partial charge in [0.15, 0.2) is 6.61 Å². The summed E-state index contributed by atoms with van der Waals surface area (Å²) in [5, 5.41) is 0. The third-order valence-corrected chi connectivity index (χ3v) is 1.70. The molecule has 0 unspecified atom stereocenters. The number of ether oxygens (including phenoxy) is 2. The molecule has 0 saturated carbocycles. The predicted octanol–water partition coefficient (Wildman–Crippen LogP) is 1.88. The second kappa shape index (κ2) is 5.07. The summed E-state index contributed by atoms with van der Waals surface area (Å²) in [7, 11) is 1.33. The number of hydrogen-bond acceptors (Lipinski definition) is 3. The monoisotopic (exact) mass is 192 g/mol. The molecule has 1 rings (SSSR count). The van der Waals surface area contributed by atoms with E-state index in [1.165, 1.54) is 7.11 Å². The van der Waals surface area contributed by atoms with Crippen molar-refractivity contribution in [3.8, 4) is 5.75 Å². The van der Waals surface area contributed by atoms with E-state index in [9.17, 15) is 4.79 Å². The molecule has 0 amide bonds. The van der Waals surface area contributed by atoms with Gasteiger partial charge in [0.2, 0.25) is 0 Å². The third-order valence-electron chi connectivity index (χ3n) is 1.70. The standard InChI is InChI=1S/C11H12O3/c1-3-9-4-6-10(7-5-9)14-8-11(12)13-2/h3-7H,1,8H2,2H3. The molecular formula is C11H12O3. The molecule has 0 radical (unpaired) electrons. The van der Waals surface area contributed by atoms with Gasteiger partial charge in [-0.2, -0.15) is 0 Å². The van der Waals surface area contributed by atoms with Crippen LogP contribution in [0.1, 0.15) is 5.56 Å². The minimum absolute atomic E-state index is 0.0655. The second-order valence-electron chi connectivity index (χ2n) is 2.64. The highest BCUT2D eigenvalue weighted by atomic mass is 16.6. The lowest BCUT2D eigenvalue weighted by molar-refractivity contribution is -0.142. The Balaban J connectivity index is 2.51. The minimum Gasteiger partial charge on any atom is -0.482 e. The smallest absolute Gasteiger partial charge is 0.343 e. The van der Waals surface area contributed by atoms with E-state index >= 15 is 0 Å². The van der Waals surface area contributed by atoms with E-state index in [4.69, 9.17) is 4.74 Å². The van der Waals surface area contributed by atoms with Crippen LogP contribution in [0, 0.1) is 0 Å². The van der Waals surface area contributed by atoms with Gasteiger partial charge in [0, 0.05) is 0 Å². The van der Waals surface area contributed by atoms with Crippen LogP contribution in [0.3, 0.4) is 0 Å². The van der Waals surface area contributed by atoms with E-state index in [1.54, 1.807) is 18.2 Å². The number of carbonyl (C=O) groups is 1. The molecule has 0 spiro atoms. The normalized spacial score (nSPS) is 9.21. The van der Waals surface area contributed by atoms with Crippen molar-refractivity contribution in [3.05, 3.63) is 36.4 Å². The largest absolute Gasteiger partial charge is 0.482 e. The van der Waals surface area contributed by atoms with Gasteiger partial charge in [0.1, 0.15) is 5.75 Å². The number of esters is 1. The number of carbonyl (C=O) groups excluding carboxylic acids is 1. The van der Waals surface area contributed by atoms with E-state index in [2.05, 4.69) is 11.3 Å². The van der Waals surface area contributed by atoms with Gasteiger partial charge in [0.25, 0.3) is 0 Å². The van der Waals surface area contributed by atoms with Crippen molar-refractivity contribution in [1.29, 1.82) is 0 Å². The van der Waals surface area contributed by atoms with E-state index < -0.39 is 5.97 Å². The first-order chi connectivity index (χ1) is 6.76. The maximum Gasteiger partial charge on any atom is 0.343 e. The molecule has 0 aliphatic rings. The molecule has 0 bridgehead atoms. The quantitative estimate of drug-likeness (QED) is 0.683.